The molecule has 0 spiro atoms. The maximum Gasteiger partial charge on any atom is 0.323 e. The molecule has 0 N–H and O–H groups in total. The molecule has 0 bridgehead atoms. The summed E-state index contributed by atoms with van der Waals surface area (Å²) in [5, 5.41) is 8.99. The summed E-state index contributed by atoms with van der Waals surface area (Å²) in [5.41, 5.74) is -0.780. The van der Waals surface area contributed by atoms with Crippen LogP contribution in [0.25, 0.3) is 0 Å². The SMILES string of the molecule is CCOC(=O)C(S)c1c([N+](=O)[O-])ccc(F)c1Cl. The van der Waals surface area contributed by atoms with Gasteiger partial charge in [0, 0.05) is 6.07 Å². The Balaban J connectivity index is 3.32. The average molecular weight is 294 g/mol. The molecule has 0 aromatic heterocycles. The van der Waals surface area contributed by atoms with Crippen LogP contribution in [0.4, 0.5) is 10.1 Å². The van der Waals surface area contributed by atoms with E-state index in [9.17, 15) is 19.3 Å². The molecule has 0 amide bonds. The number of thiol groups is 1. The van der Waals surface area contributed by atoms with Crippen LogP contribution in [0.2, 0.25) is 5.02 Å². The molecular weight excluding hydrogens is 285 g/mol. The average Bonchev–Trinajstić information content (AvgIpc) is 2.31. The van der Waals surface area contributed by atoms with E-state index in [2.05, 4.69) is 17.4 Å². The molecular formula is C10H9ClFNO4S. The highest BCUT2D eigenvalue weighted by Gasteiger charge is 2.30. The van der Waals surface area contributed by atoms with E-state index in [-0.39, 0.29) is 12.2 Å². The molecule has 0 radical (unpaired) electrons. The second-order valence-electron chi connectivity index (χ2n) is 3.21. The molecule has 1 unspecified atom stereocenters. The Morgan fingerprint density at radius 3 is 2.78 bits per heavy atom. The molecule has 1 atom stereocenters. The summed E-state index contributed by atoms with van der Waals surface area (Å²) in [6.45, 7) is 1.65. The number of nitrogens with zero attached hydrogens (tertiary/aromatic N) is 1. The fourth-order valence-corrected chi connectivity index (χ4v) is 2.00. The molecule has 0 aliphatic heterocycles. The molecule has 8 heteroatoms. The molecule has 0 heterocycles. The zero-order valence-electron chi connectivity index (χ0n) is 9.22. The largest absolute Gasteiger partial charge is 0.465 e. The lowest BCUT2D eigenvalue weighted by Crippen LogP contribution is -2.13. The Kier molecular flexibility index (Phi) is 4.92. The van der Waals surface area contributed by atoms with Gasteiger partial charge in [-0.15, -0.1) is 0 Å². The Morgan fingerprint density at radius 1 is 1.67 bits per heavy atom. The molecule has 0 aliphatic carbocycles. The van der Waals surface area contributed by atoms with E-state index in [1.807, 2.05) is 0 Å². The number of nitro benzene ring substituents is 1. The minimum absolute atomic E-state index is 0.0800. The van der Waals surface area contributed by atoms with Gasteiger partial charge in [0.2, 0.25) is 0 Å². The van der Waals surface area contributed by atoms with E-state index in [0.717, 1.165) is 12.1 Å². The number of nitro groups is 1. The summed E-state index contributed by atoms with van der Waals surface area (Å²) in [5.74, 6) is -1.68. The van der Waals surface area contributed by atoms with Gasteiger partial charge in [0.05, 0.1) is 22.1 Å². The second-order valence-corrected chi connectivity index (χ2v) is 4.10. The standard InChI is InChI=1S/C10H9ClFNO4S/c1-2-17-10(14)9(18)7-6(13(15)16)4-3-5(12)8(7)11/h3-4,9,18H,2H2,1H3. The van der Waals surface area contributed by atoms with Crippen LogP contribution in [-0.4, -0.2) is 17.5 Å². The number of halogens is 2. The highest BCUT2D eigenvalue weighted by atomic mass is 35.5. The Bertz CT molecular complexity index is 497. The third-order valence-corrected chi connectivity index (χ3v) is 2.94. The van der Waals surface area contributed by atoms with Crippen molar-refractivity contribution in [1.82, 2.24) is 0 Å². The van der Waals surface area contributed by atoms with Crippen molar-refractivity contribution in [2.45, 2.75) is 12.2 Å². The summed E-state index contributed by atoms with van der Waals surface area (Å²) in [6.07, 6.45) is 0. The van der Waals surface area contributed by atoms with Gasteiger partial charge in [-0.05, 0) is 13.0 Å². The van der Waals surface area contributed by atoms with Crippen molar-refractivity contribution in [2.24, 2.45) is 0 Å². The highest BCUT2D eigenvalue weighted by molar-refractivity contribution is 7.81. The van der Waals surface area contributed by atoms with Crippen LogP contribution in [0.3, 0.4) is 0 Å². The van der Waals surface area contributed by atoms with Crippen LogP contribution in [0.1, 0.15) is 17.7 Å². The summed E-state index contributed by atoms with van der Waals surface area (Å²) in [6, 6.07) is 1.79. The normalized spacial score (nSPS) is 12.0. The van der Waals surface area contributed by atoms with Gasteiger partial charge in [0.1, 0.15) is 11.1 Å². The van der Waals surface area contributed by atoms with Crippen LogP contribution in [0.15, 0.2) is 12.1 Å². The number of hydrogen-bond acceptors (Lipinski definition) is 5. The van der Waals surface area contributed by atoms with Crippen molar-refractivity contribution in [3.8, 4) is 0 Å². The number of rotatable bonds is 4. The highest BCUT2D eigenvalue weighted by Crippen LogP contribution is 2.37. The minimum atomic E-state index is -1.31. The first-order valence-electron chi connectivity index (χ1n) is 4.87. The van der Waals surface area contributed by atoms with Gasteiger partial charge in [-0.2, -0.15) is 12.6 Å². The van der Waals surface area contributed by atoms with Crippen LogP contribution in [-0.2, 0) is 9.53 Å². The van der Waals surface area contributed by atoms with Gasteiger partial charge in [0.15, 0.2) is 0 Å². The quantitative estimate of drug-likeness (QED) is 0.401. The predicted octanol–water partition coefficient (Wildman–Crippen LogP) is 2.92. The molecule has 98 valence electrons. The van der Waals surface area contributed by atoms with Crippen molar-refractivity contribution >= 4 is 35.9 Å². The first-order valence-corrected chi connectivity index (χ1v) is 5.76. The fraction of sp³-hybridized carbons (Fsp3) is 0.300. The fourth-order valence-electron chi connectivity index (χ4n) is 1.31. The van der Waals surface area contributed by atoms with Crippen molar-refractivity contribution in [3.05, 3.63) is 38.7 Å². The first kappa shape index (κ1) is 14.7. The lowest BCUT2D eigenvalue weighted by atomic mass is 10.1. The topological polar surface area (TPSA) is 69.4 Å². The molecule has 0 aliphatic rings. The van der Waals surface area contributed by atoms with Crippen molar-refractivity contribution in [3.63, 3.8) is 0 Å². The first-order chi connectivity index (χ1) is 8.40. The zero-order chi connectivity index (χ0) is 13.9. The third-order valence-electron chi connectivity index (χ3n) is 2.09. The van der Waals surface area contributed by atoms with Gasteiger partial charge >= 0.3 is 5.97 Å². The molecule has 0 fully saturated rings. The van der Waals surface area contributed by atoms with Crippen LogP contribution >= 0.6 is 24.2 Å². The summed E-state index contributed by atoms with van der Waals surface area (Å²) in [4.78, 5) is 21.5. The van der Waals surface area contributed by atoms with E-state index in [0.29, 0.717) is 0 Å². The third kappa shape index (κ3) is 2.91. The van der Waals surface area contributed by atoms with E-state index in [4.69, 9.17) is 11.6 Å². The van der Waals surface area contributed by atoms with E-state index >= 15 is 0 Å². The Morgan fingerprint density at radius 2 is 2.28 bits per heavy atom. The number of ether oxygens (including phenoxy) is 1. The maximum atomic E-state index is 13.3. The van der Waals surface area contributed by atoms with Crippen molar-refractivity contribution in [1.29, 1.82) is 0 Å². The Hall–Kier alpha value is -1.34. The minimum Gasteiger partial charge on any atom is -0.465 e. The van der Waals surface area contributed by atoms with Gasteiger partial charge in [-0.1, -0.05) is 11.6 Å². The summed E-state index contributed by atoms with van der Waals surface area (Å²) in [7, 11) is 0. The van der Waals surface area contributed by atoms with Crippen molar-refractivity contribution in [2.75, 3.05) is 6.61 Å². The molecule has 1 aromatic rings. The lowest BCUT2D eigenvalue weighted by molar-refractivity contribution is -0.385. The molecule has 0 saturated carbocycles. The van der Waals surface area contributed by atoms with Gasteiger partial charge in [-0.25, -0.2) is 4.39 Å². The zero-order valence-corrected chi connectivity index (χ0v) is 10.9. The summed E-state index contributed by atoms with van der Waals surface area (Å²) < 4.78 is 18.0. The van der Waals surface area contributed by atoms with E-state index in [1.54, 1.807) is 6.92 Å². The molecule has 0 saturated heterocycles. The van der Waals surface area contributed by atoms with Gasteiger partial charge in [-0.3, -0.25) is 14.9 Å². The van der Waals surface area contributed by atoms with E-state index in [1.165, 1.54) is 0 Å². The predicted molar refractivity (Wildman–Crippen MR) is 66.4 cm³/mol. The smallest absolute Gasteiger partial charge is 0.323 e. The second kappa shape index (κ2) is 6.01. The number of hydrogen-bond donors (Lipinski definition) is 1. The molecule has 5 nitrogen and oxygen atoms in total. The number of benzene rings is 1. The van der Waals surface area contributed by atoms with Crippen LogP contribution in [0, 0.1) is 15.9 Å². The number of carbonyl (C=O) groups excluding carboxylic acids is 1. The lowest BCUT2D eigenvalue weighted by Gasteiger charge is -2.12. The number of carbonyl (C=O) groups is 1. The van der Waals surface area contributed by atoms with Crippen LogP contribution in [0.5, 0.6) is 0 Å². The van der Waals surface area contributed by atoms with Gasteiger partial charge < -0.3 is 4.74 Å². The van der Waals surface area contributed by atoms with Crippen molar-refractivity contribution < 1.29 is 18.8 Å². The molecule has 1 rings (SSSR count). The van der Waals surface area contributed by atoms with E-state index < -0.39 is 32.7 Å². The summed E-state index contributed by atoms with van der Waals surface area (Å²) >= 11 is 9.55. The monoisotopic (exact) mass is 293 g/mol. The molecule has 1 aromatic carbocycles. The van der Waals surface area contributed by atoms with Gasteiger partial charge in [0.25, 0.3) is 5.69 Å². The maximum absolute atomic E-state index is 13.3. The van der Waals surface area contributed by atoms with Crippen LogP contribution < -0.4 is 0 Å². The Labute approximate surface area is 112 Å². The molecule has 18 heavy (non-hydrogen) atoms. The number of esters is 1.